The maximum Gasteiger partial charge on any atom is 0.251 e. The predicted octanol–water partition coefficient (Wildman–Crippen LogP) is 2.57. The molecule has 0 bridgehead atoms. The predicted molar refractivity (Wildman–Crippen MR) is 79.6 cm³/mol. The number of carbonyl (C=O) groups excluding carboxylic acids is 1. The molecule has 4 heteroatoms. The average molecular weight is 271 g/mol. The lowest BCUT2D eigenvalue weighted by atomic mass is 10.1. The molecule has 1 amide bonds. The summed E-state index contributed by atoms with van der Waals surface area (Å²) in [6, 6.07) is 11.3. The number of nitrogens with one attached hydrogen (secondary N) is 1. The number of aromatic nitrogens is 2. The molecular weight excluding hydrogens is 250 g/mol. The minimum absolute atomic E-state index is 0.0224. The number of carbonyl (C=O) groups is 1. The molecule has 1 aromatic carbocycles. The average Bonchev–Trinajstić information content (AvgIpc) is 2.75. The third-order valence-corrected chi connectivity index (χ3v) is 3.24. The van der Waals surface area contributed by atoms with E-state index in [-0.39, 0.29) is 5.91 Å². The van der Waals surface area contributed by atoms with Crippen molar-refractivity contribution < 1.29 is 4.79 Å². The molecule has 0 saturated heterocycles. The lowest BCUT2D eigenvalue weighted by Crippen LogP contribution is -2.30. The molecule has 0 saturated carbocycles. The first-order valence-electron chi connectivity index (χ1n) is 6.90. The van der Waals surface area contributed by atoms with Crippen LogP contribution >= 0.6 is 0 Å². The van der Waals surface area contributed by atoms with Crippen LogP contribution in [0.2, 0.25) is 0 Å². The van der Waals surface area contributed by atoms with Crippen LogP contribution in [-0.2, 0) is 6.54 Å². The zero-order valence-corrected chi connectivity index (χ0v) is 12.3. The first-order valence-corrected chi connectivity index (χ1v) is 6.90. The minimum Gasteiger partial charge on any atom is -0.352 e. The minimum atomic E-state index is -0.0224. The Bertz CT molecular complexity index is 575. The summed E-state index contributed by atoms with van der Waals surface area (Å²) in [6.45, 7) is 7.61. The fourth-order valence-corrected chi connectivity index (χ4v) is 2.18. The monoisotopic (exact) mass is 271 g/mol. The van der Waals surface area contributed by atoms with Gasteiger partial charge in [-0.15, -0.1) is 0 Å². The van der Waals surface area contributed by atoms with Gasteiger partial charge < -0.3 is 5.32 Å². The number of nitrogens with zero attached hydrogens (tertiary/aromatic N) is 2. The van der Waals surface area contributed by atoms with Crippen LogP contribution in [0.1, 0.15) is 28.7 Å². The molecule has 2 aromatic rings. The molecule has 0 aliphatic carbocycles. The Hall–Kier alpha value is -2.10. The molecule has 0 spiro atoms. The normalized spacial score (nSPS) is 12.2. The molecule has 1 aromatic heterocycles. The molecule has 20 heavy (non-hydrogen) atoms. The van der Waals surface area contributed by atoms with Crippen LogP contribution in [0.4, 0.5) is 0 Å². The van der Waals surface area contributed by atoms with E-state index < -0.39 is 0 Å². The number of rotatable bonds is 5. The first kappa shape index (κ1) is 14.3. The van der Waals surface area contributed by atoms with Crippen LogP contribution in [0, 0.1) is 19.8 Å². The van der Waals surface area contributed by atoms with E-state index in [4.69, 9.17) is 0 Å². The second-order valence-electron chi connectivity index (χ2n) is 5.29. The summed E-state index contributed by atoms with van der Waals surface area (Å²) in [5.74, 6) is 0.312. The molecule has 4 nitrogen and oxygen atoms in total. The van der Waals surface area contributed by atoms with Gasteiger partial charge in [0.1, 0.15) is 0 Å². The highest BCUT2D eigenvalue weighted by atomic mass is 16.1. The molecule has 0 radical (unpaired) electrons. The first-order chi connectivity index (χ1) is 9.56. The Labute approximate surface area is 119 Å². The molecule has 0 aliphatic rings. The standard InChI is InChI=1S/C16H21N3O/c1-12(11-19-14(3)9-13(2)18-19)10-17-16(20)15-7-5-4-6-8-15/h4-9,12H,10-11H2,1-3H3,(H,17,20)/t12-/m1/s1. The third-order valence-electron chi connectivity index (χ3n) is 3.24. The van der Waals surface area contributed by atoms with Crippen molar-refractivity contribution in [3.8, 4) is 0 Å². The summed E-state index contributed by atoms with van der Waals surface area (Å²) in [4.78, 5) is 11.9. The summed E-state index contributed by atoms with van der Waals surface area (Å²) in [7, 11) is 0. The third kappa shape index (κ3) is 3.70. The van der Waals surface area contributed by atoms with Crippen molar-refractivity contribution >= 4 is 5.91 Å². The van der Waals surface area contributed by atoms with Gasteiger partial charge in [0.25, 0.3) is 5.91 Å². The Balaban J connectivity index is 1.85. The molecule has 1 heterocycles. The quantitative estimate of drug-likeness (QED) is 0.908. The molecule has 1 N–H and O–H groups in total. The van der Waals surface area contributed by atoms with Gasteiger partial charge in [-0.05, 0) is 38.0 Å². The SMILES string of the molecule is Cc1cc(C)n(C[C@H](C)CNC(=O)c2ccccc2)n1. The van der Waals surface area contributed by atoms with E-state index in [0.29, 0.717) is 18.0 Å². The second kappa shape index (κ2) is 6.37. The van der Waals surface area contributed by atoms with Crippen LogP contribution in [0.15, 0.2) is 36.4 Å². The van der Waals surface area contributed by atoms with Crippen molar-refractivity contribution in [2.24, 2.45) is 5.92 Å². The maximum absolute atomic E-state index is 11.9. The van der Waals surface area contributed by atoms with Crippen molar-refractivity contribution in [2.75, 3.05) is 6.54 Å². The highest BCUT2D eigenvalue weighted by Crippen LogP contribution is 2.06. The van der Waals surface area contributed by atoms with Crippen LogP contribution in [0.3, 0.4) is 0 Å². The van der Waals surface area contributed by atoms with Crippen LogP contribution < -0.4 is 5.32 Å². The highest BCUT2D eigenvalue weighted by Gasteiger charge is 2.09. The molecule has 1 atom stereocenters. The second-order valence-corrected chi connectivity index (χ2v) is 5.29. The van der Waals surface area contributed by atoms with E-state index in [1.165, 1.54) is 0 Å². The Morgan fingerprint density at radius 3 is 2.60 bits per heavy atom. The zero-order valence-electron chi connectivity index (χ0n) is 12.3. The summed E-state index contributed by atoms with van der Waals surface area (Å²) in [6.07, 6.45) is 0. The molecule has 0 fully saturated rings. The summed E-state index contributed by atoms with van der Waals surface area (Å²) >= 11 is 0. The fourth-order valence-electron chi connectivity index (χ4n) is 2.18. The number of amides is 1. The van der Waals surface area contributed by atoms with Gasteiger partial charge >= 0.3 is 0 Å². The highest BCUT2D eigenvalue weighted by molar-refractivity contribution is 5.94. The van der Waals surface area contributed by atoms with Crippen LogP contribution in [0.25, 0.3) is 0 Å². The largest absolute Gasteiger partial charge is 0.352 e. The number of hydrogen-bond donors (Lipinski definition) is 1. The van der Waals surface area contributed by atoms with Gasteiger partial charge in [0.05, 0.1) is 5.69 Å². The zero-order chi connectivity index (χ0) is 14.5. The summed E-state index contributed by atoms with van der Waals surface area (Å²) in [5, 5.41) is 7.40. The smallest absolute Gasteiger partial charge is 0.251 e. The van der Waals surface area contributed by atoms with E-state index in [2.05, 4.69) is 30.3 Å². The number of benzene rings is 1. The van der Waals surface area contributed by atoms with Gasteiger partial charge in [-0.25, -0.2) is 0 Å². The molecule has 2 rings (SSSR count). The lowest BCUT2D eigenvalue weighted by Gasteiger charge is -2.14. The summed E-state index contributed by atoms with van der Waals surface area (Å²) in [5.41, 5.74) is 2.89. The molecular formula is C16H21N3O. The maximum atomic E-state index is 11.9. The van der Waals surface area contributed by atoms with Crippen LogP contribution in [-0.4, -0.2) is 22.2 Å². The van der Waals surface area contributed by atoms with Gasteiger partial charge in [0.15, 0.2) is 0 Å². The van der Waals surface area contributed by atoms with E-state index in [1.807, 2.05) is 41.9 Å². The summed E-state index contributed by atoms with van der Waals surface area (Å²) < 4.78 is 1.99. The number of hydrogen-bond acceptors (Lipinski definition) is 2. The van der Waals surface area contributed by atoms with E-state index in [9.17, 15) is 4.79 Å². The van der Waals surface area contributed by atoms with Gasteiger partial charge in [0.2, 0.25) is 0 Å². The van der Waals surface area contributed by atoms with Crippen molar-refractivity contribution in [1.82, 2.24) is 15.1 Å². The Morgan fingerprint density at radius 2 is 2.00 bits per heavy atom. The van der Waals surface area contributed by atoms with Gasteiger partial charge in [-0.1, -0.05) is 25.1 Å². The van der Waals surface area contributed by atoms with E-state index in [1.54, 1.807) is 0 Å². The van der Waals surface area contributed by atoms with Gasteiger partial charge in [0, 0.05) is 24.3 Å². The molecule has 106 valence electrons. The van der Waals surface area contributed by atoms with Crippen molar-refractivity contribution in [2.45, 2.75) is 27.3 Å². The van der Waals surface area contributed by atoms with Crippen molar-refractivity contribution in [3.63, 3.8) is 0 Å². The number of aryl methyl sites for hydroxylation is 2. The lowest BCUT2D eigenvalue weighted by molar-refractivity contribution is 0.0946. The van der Waals surface area contributed by atoms with Crippen molar-refractivity contribution in [1.29, 1.82) is 0 Å². The fraction of sp³-hybridized carbons (Fsp3) is 0.375. The molecule has 0 unspecified atom stereocenters. The molecule has 0 aliphatic heterocycles. The Kier molecular flexibility index (Phi) is 4.56. The topological polar surface area (TPSA) is 46.9 Å². The van der Waals surface area contributed by atoms with E-state index >= 15 is 0 Å². The van der Waals surface area contributed by atoms with Crippen molar-refractivity contribution in [3.05, 3.63) is 53.3 Å². The van der Waals surface area contributed by atoms with Crippen LogP contribution in [0.5, 0.6) is 0 Å². The van der Waals surface area contributed by atoms with Gasteiger partial charge in [-0.2, -0.15) is 5.10 Å². The Morgan fingerprint density at radius 1 is 1.30 bits per heavy atom. The van der Waals surface area contributed by atoms with E-state index in [0.717, 1.165) is 17.9 Å². The van der Waals surface area contributed by atoms with Gasteiger partial charge in [-0.3, -0.25) is 9.48 Å².